The Labute approximate surface area is 151 Å². The number of thiophene rings is 1. The van der Waals surface area contributed by atoms with Gasteiger partial charge in [0, 0.05) is 17.3 Å². The molecule has 3 nitrogen and oxygen atoms in total. The highest BCUT2D eigenvalue weighted by Crippen LogP contribution is 2.48. The third-order valence-corrected chi connectivity index (χ3v) is 6.33. The molecular weight excluding hydrogens is 335 g/mol. The molecule has 1 aliphatic carbocycles. The van der Waals surface area contributed by atoms with Crippen molar-refractivity contribution in [1.29, 1.82) is 0 Å². The van der Waals surface area contributed by atoms with E-state index in [0.29, 0.717) is 12.1 Å². The molecular formula is C20H23FN2OS. The van der Waals surface area contributed by atoms with Crippen molar-refractivity contribution in [2.75, 3.05) is 19.6 Å². The van der Waals surface area contributed by atoms with Crippen molar-refractivity contribution >= 4 is 17.2 Å². The molecule has 132 valence electrons. The maximum Gasteiger partial charge on any atom is 0.223 e. The van der Waals surface area contributed by atoms with E-state index in [2.05, 4.69) is 27.7 Å². The van der Waals surface area contributed by atoms with Gasteiger partial charge in [0.25, 0.3) is 0 Å². The van der Waals surface area contributed by atoms with Gasteiger partial charge in [-0.15, -0.1) is 11.3 Å². The van der Waals surface area contributed by atoms with Crippen molar-refractivity contribution in [2.24, 2.45) is 5.92 Å². The molecule has 1 saturated heterocycles. The number of nitrogens with one attached hydrogen (secondary N) is 1. The van der Waals surface area contributed by atoms with Gasteiger partial charge in [0.1, 0.15) is 5.82 Å². The third kappa shape index (κ3) is 3.62. The van der Waals surface area contributed by atoms with E-state index in [1.807, 2.05) is 6.07 Å². The summed E-state index contributed by atoms with van der Waals surface area (Å²) < 4.78 is 13.9. The lowest BCUT2D eigenvalue weighted by Gasteiger charge is -2.27. The van der Waals surface area contributed by atoms with Gasteiger partial charge in [0.05, 0.1) is 6.04 Å². The maximum absolute atomic E-state index is 13.9. The van der Waals surface area contributed by atoms with Gasteiger partial charge in [-0.2, -0.15) is 0 Å². The lowest BCUT2D eigenvalue weighted by Crippen LogP contribution is -2.37. The summed E-state index contributed by atoms with van der Waals surface area (Å²) in [5, 5.41) is 5.23. The molecule has 0 radical (unpaired) electrons. The van der Waals surface area contributed by atoms with Crippen LogP contribution in [0, 0.1) is 11.7 Å². The van der Waals surface area contributed by atoms with Crippen molar-refractivity contribution in [3.8, 4) is 0 Å². The molecule has 5 heteroatoms. The summed E-state index contributed by atoms with van der Waals surface area (Å²) in [6.45, 7) is 2.83. The molecule has 2 fully saturated rings. The van der Waals surface area contributed by atoms with Crippen LogP contribution in [0.5, 0.6) is 0 Å². The second-order valence-electron chi connectivity index (χ2n) is 6.99. The quantitative estimate of drug-likeness (QED) is 0.848. The number of rotatable bonds is 6. The molecule has 3 unspecified atom stereocenters. The third-order valence-electron chi connectivity index (χ3n) is 5.35. The number of hydrogen-bond donors (Lipinski definition) is 1. The first-order valence-corrected chi connectivity index (χ1v) is 9.91. The molecule has 25 heavy (non-hydrogen) atoms. The molecule has 1 saturated carbocycles. The first kappa shape index (κ1) is 16.7. The molecule has 1 aromatic carbocycles. The molecule has 0 spiro atoms. The summed E-state index contributed by atoms with van der Waals surface area (Å²) in [7, 11) is 0. The van der Waals surface area contributed by atoms with Crippen LogP contribution >= 0.6 is 11.3 Å². The maximum atomic E-state index is 13.9. The summed E-state index contributed by atoms with van der Waals surface area (Å²) in [6, 6.07) is 11.3. The predicted octanol–water partition coefficient (Wildman–Crippen LogP) is 3.94. The van der Waals surface area contributed by atoms with Crippen LogP contribution in [0.25, 0.3) is 0 Å². The molecule has 1 aromatic heterocycles. The number of amides is 1. The van der Waals surface area contributed by atoms with E-state index < -0.39 is 0 Å². The van der Waals surface area contributed by atoms with Crippen molar-refractivity contribution in [2.45, 2.75) is 31.2 Å². The molecule has 2 aliphatic rings. The Morgan fingerprint density at radius 1 is 1.24 bits per heavy atom. The normalized spacial score (nSPS) is 24.2. The van der Waals surface area contributed by atoms with Crippen LogP contribution in [-0.4, -0.2) is 30.4 Å². The summed E-state index contributed by atoms with van der Waals surface area (Å²) in [4.78, 5) is 16.3. The number of carbonyl (C=O) groups excluding carboxylic acids is 1. The second kappa shape index (κ2) is 7.26. The minimum Gasteiger partial charge on any atom is -0.354 e. The number of benzene rings is 1. The zero-order chi connectivity index (χ0) is 17.2. The van der Waals surface area contributed by atoms with Gasteiger partial charge in [-0.25, -0.2) is 4.39 Å². The number of carbonyl (C=O) groups is 1. The predicted molar refractivity (Wildman–Crippen MR) is 98.1 cm³/mol. The highest BCUT2D eigenvalue weighted by Gasteiger charge is 2.45. The van der Waals surface area contributed by atoms with Crippen molar-refractivity contribution in [3.05, 3.63) is 58.0 Å². The molecule has 1 amide bonds. The number of halogens is 1. The largest absolute Gasteiger partial charge is 0.354 e. The van der Waals surface area contributed by atoms with Gasteiger partial charge < -0.3 is 5.32 Å². The van der Waals surface area contributed by atoms with Crippen LogP contribution in [0.15, 0.2) is 41.8 Å². The Morgan fingerprint density at radius 2 is 2.04 bits per heavy atom. The monoisotopic (exact) mass is 358 g/mol. The highest BCUT2D eigenvalue weighted by atomic mass is 32.1. The zero-order valence-corrected chi connectivity index (χ0v) is 15.0. The Morgan fingerprint density at radius 3 is 2.76 bits per heavy atom. The minimum absolute atomic E-state index is 0.0353. The van der Waals surface area contributed by atoms with Crippen LogP contribution in [0.2, 0.25) is 0 Å². The SMILES string of the molecule is O=C(NCC(c1cccs1)N1CCCC1)C1CC1c1ccccc1F. The lowest BCUT2D eigenvalue weighted by molar-refractivity contribution is -0.122. The van der Waals surface area contributed by atoms with E-state index >= 15 is 0 Å². The van der Waals surface area contributed by atoms with Crippen LogP contribution in [-0.2, 0) is 4.79 Å². The van der Waals surface area contributed by atoms with Crippen LogP contribution in [0.4, 0.5) is 4.39 Å². The molecule has 2 heterocycles. The zero-order valence-electron chi connectivity index (χ0n) is 14.2. The van der Waals surface area contributed by atoms with E-state index in [4.69, 9.17) is 0 Å². The molecule has 4 rings (SSSR count). The lowest BCUT2D eigenvalue weighted by atomic mass is 10.1. The smallest absolute Gasteiger partial charge is 0.223 e. The average Bonchev–Trinajstić information content (AvgIpc) is 3.03. The van der Waals surface area contributed by atoms with E-state index in [0.717, 1.165) is 19.5 Å². The van der Waals surface area contributed by atoms with Crippen LogP contribution < -0.4 is 5.32 Å². The van der Waals surface area contributed by atoms with Gasteiger partial charge in [-0.3, -0.25) is 9.69 Å². The fourth-order valence-electron chi connectivity index (χ4n) is 3.88. The van der Waals surface area contributed by atoms with Gasteiger partial charge in [0.2, 0.25) is 5.91 Å². The van der Waals surface area contributed by atoms with Crippen molar-refractivity contribution in [1.82, 2.24) is 10.2 Å². The molecule has 0 bridgehead atoms. The number of likely N-dealkylation sites (tertiary alicyclic amines) is 1. The van der Waals surface area contributed by atoms with Crippen molar-refractivity contribution in [3.63, 3.8) is 0 Å². The fourth-order valence-corrected chi connectivity index (χ4v) is 4.74. The Bertz CT molecular complexity index is 727. The van der Waals surface area contributed by atoms with E-state index in [1.165, 1.54) is 23.8 Å². The first-order valence-electron chi connectivity index (χ1n) is 9.03. The van der Waals surface area contributed by atoms with Gasteiger partial charge in [0.15, 0.2) is 0 Å². The number of hydrogen-bond acceptors (Lipinski definition) is 3. The van der Waals surface area contributed by atoms with Gasteiger partial charge in [-0.05, 0) is 61.3 Å². The van der Waals surface area contributed by atoms with E-state index in [-0.39, 0.29) is 29.6 Å². The Hall–Kier alpha value is -1.72. The first-order chi connectivity index (χ1) is 12.2. The van der Waals surface area contributed by atoms with E-state index in [9.17, 15) is 9.18 Å². The molecule has 1 N–H and O–H groups in total. The van der Waals surface area contributed by atoms with Gasteiger partial charge >= 0.3 is 0 Å². The Balaban J connectivity index is 1.37. The molecule has 3 atom stereocenters. The van der Waals surface area contributed by atoms with E-state index in [1.54, 1.807) is 23.5 Å². The van der Waals surface area contributed by atoms with Crippen molar-refractivity contribution < 1.29 is 9.18 Å². The highest BCUT2D eigenvalue weighted by molar-refractivity contribution is 7.10. The van der Waals surface area contributed by atoms with Crippen LogP contribution in [0.1, 0.15) is 41.7 Å². The molecule has 2 aromatic rings. The summed E-state index contributed by atoms with van der Waals surface area (Å²) in [5.41, 5.74) is 0.678. The second-order valence-corrected chi connectivity index (χ2v) is 7.97. The number of nitrogens with zero attached hydrogens (tertiary/aromatic N) is 1. The van der Waals surface area contributed by atoms with Gasteiger partial charge in [-0.1, -0.05) is 24.3 Å². The summed E-state index contributed by atoms with van der Waals surface area (Å²) in [6.07, 6.45) is 3.21. The fraction of sp³-hybridized carbons (Fsp3) is 0.450. The minimum atomic E-state index is -0.198. The molecule has 1 aliphatic heterocycles. The topological polar surface area (TPSA) is 32.3 Å². The Kier molecular flexibility index (Phi) is 4.86. The summed E-state index contributed by atoms with van der Waals surface area (Å²) >= 11 is 1.75. The summed E-state index contributed by atoms with van der Waals surface area (Å²) in [5.74, 6) is -0.182. The van der Waals surface area contributed by atoms with Crippen LogP contribution in [0.3, 0.4) is 0 Å². The standard InChI is InChI=1S/C20H23FN2OS/c21-17-7-2-1-6-14(17)15-12-16(15)20(24)22-13-18(19-8-5-11-25-19)23-9-3-4-10-23/h1-2,5-8,11,15-16,18H,3-4,9-10,12-13H2,(H,22,24). The average molecular weight is 358 g/mol.